The molecule has 0 spiro atoms. The van der Waals surface area contributed by atoms with Crippen LogP contribution in [0.3, 0.4) is 0 Å². The summed E-state index contributed by atoms with van der Waals surface area (Å²) in [6.07, 6.45) is 3.27. The van der Waals surface area contributed by atoms with Gasteiger partial charge in [0.25, 0.3) is 5.88 Å². The fourth-order valence-corrected chi connectivity index (χ4v) is 1.76. The molecule has 1 N–H and O–H groups in total. The van der Waals surface area contributed by atoms with Crippen LogP contribution in [0.15, 0.2) is 46.4 Å². The molecule has 0 unspecified atom stereocenters. The molecule has 0 radical (unpaired) electrons. The summed E-state index contributed by atoms with van der Waals surface area (Å²) in [5.41, 5.74) is 3.69. The van der Waals surface area contributed by atoms with Crippen molar-refractivity contribution in [3.8, 4) is 11.8 Å². The average molecular weight is 310 g/mol. The summed E-state index contributed by atoms with van der Waals surface area (Å²) < 4.78 is 11.0. The molecular weight excluding hydrogens is 292 g/mol. The zero-order valence-electron chi connectivity index (χ0n) is 13.1. The van der Waals surface area contributed by atoms with Crippen LogP contribution in [0, 0.1) is 11.3 Å². The number of rotatable bonds is 7. The van der Waals surface area contributed by atoms with E-state index in [0.29, 0.717) is 18.2 Å². The Morgan fingerprint density at radius 1 is 1.48 bits per heavy atom. The molecule has 0 aliphatic carbocycles. The summed E-state index contributed by atoms with van der Waals surface area (Å²) in [5.74, 6) is 1.51. The van der Waals surface area contributed by atoms with E-state index in [4.69, 9.17) is 14.4 Å². The third kappa shape index (κ3) is 4.20. The van der Waals surface area contributed by atoms with Gasteiger partial charge in [-0.05, 0) is 12.1 Å². The van der Waals surface area contributed by atoms with Crippen LogP contribution in [0.4, 0.5) is 5.88 Å². The standard InChI is InChI=1S/C17H18N4O2/c1-4-9-22-15-8-6-5-7-13(15)11-19-21-17-14(10-18)20-16(23-17)12(2)3/h4-8,11-12,21H,1,9H2,2-3H3/b19-11+. The fraction of sp³-hybridized carbons (Fsp3) is 0.235. The SMILES string of the molecule is C=CCOc1ccccc1/C=N/Nc1oc(C(C)C)nc1C#N. The molecule has 2 aromatic rings. The van der Waals surface area contributed by atoms with Crippen molar-refractivity contribution in [2.45, 2.75) is 19.8 Å². The maximum absolute atomic E-state index is 9.08. The Hall–Kier alpha value is -3.07. The highest BCUT2D eigenvalue weighted by molar-refractivity contribution is 5.83. The van der Waals surface area contributed by atoms with E-state index in [2.05, 4.69) is 22.1 Å². The lowest BCUT2D eigenvalue weighted by atomic mass is 10.2. The minimum atomic E-state index is 0.0923. The van der Waals surface area contributed by atoms with Gasteiger partial charge in [-0.15, -0.1) is 0 Å². The van der Waals surface area contributed by atoms with Crippen LogP contribution < -0.4 is 10.2 Å². The van der Waals surface area contributed by atoms with Crippen molar-refractivity contribution >= 4 is 12.1 Å². The predicted octanol–water partition coefficient (Wildman–Crippen LogP) is 3.68. The van der Waals surface area contributed by atoms with E-state index in [1.165, 1.54) is 0 Å². The summed E-state index contributed by atoms with van der Waals surface area (Å²) in [6, 6.07) is 9.46. The average Bonchev–Trinajstić information content (AvgIpc) is 2.97. The number of oxazole rings is 1. The first-order chi connectivity index (χ1) is 11.2. The van der Waals surface area contributed by atoms with Gasteiger partial charge in [-0.1, -0.05) is 38.6 Å². The molecule has 1 aromatic heterocycles. The number of para-hydroxylation sites is 1. The lowest BCUT2D eigenvalue weighted by Gasteiger charge is -2.06. The van der Waals surface area contributed by atoms with Gasteiger partial charge in [0.1, 0.15) is 18.4 Å². The van der Waals surface area contributed by atoms with E-state index in [1.807, 2.05) is 44.2 Å². The van der Waals surface area contributed by atoms with Gasteiger partial charge in [0, 0.05) is 11.5 Å². The molecule has 0 fully saturated rings. The highest BCUT2D eigenvalue weighted by atomic mass is 16.5. The molecule has 0 bridgehead atoms. The summed E-state index contributed by atoms with van der Waals surface area (Å²) in [4.78, 5) is 4.11. The number of benzene rings is 1. The second-order valence-corrected chi connectivity index (χ2v) is 5.00. The van der Waals surface area contributed by atoms with E-state index in [9.17, 15) is 0 Å². The maximum atomic E-state index is 9.08. The van der Waals surface area contributed by atoms with Gasteiger partial charge in [-0.2, -0.15) is 10.4 Å². The highest BCUT2D eigenvalue weighted by Gasteiger charge is 2.14. The fourth-order valence-electron chi connectivity index (χ4n) is 1.76. The Morgan fingerprint density at radius 2 is 2.26 bits per heavy atom. The van der Waals surface area contributed by atoms with Crippen molar-refractivity contribution in [1.29, 1.82) is 5.26 Å². The topological polar surface area (TPSA) is 83.4 Å². The molecule has 0 saturated carbocycles. The molecule has 0 aliphatic rings. The van der Waals surface area contributed by atoms with Crippen LogP contribution in [0.2, 0.25) is 0 Å². The Morgan fingerprint density at radius 3 is 2.96 bits per heavy atom. The number of nitrogens with one attached hydrogen (secondary N) is 1. The number of hydrogen-bond acceptors (Lipinski definition) is 6. The Labute approximate surface area is 135 Å². The minimum absolute atomic E-state index is 0.0923. The van der Waals surface area contributed by atoms with Gasteiger partial charge in [0.2, 0.25) is 11.6 Å². The van der Waals surface area contributed by atoms with Crippen LogP contribution in [0.1, 0.15) is 36.9 Å². The van der Waals surface area contributed by atoms with Gasteiger partial charge in [0.05, 0.1) is 6.21 Å². The lowest BCUT2D eigenvalue weighted by molar-refractivity contribution is 0.363. The van der Waals surface area contributed by atoms with Crippen LogP contribution in [0.25, 0.3) is 0 Å². The molecule has 118 valence electrons. The monoisotopic (exact) mass is 310 g/mol. The number of hydrazone groups is 1. The molecule has 23 heavy (non-hydrogen) atoms. The third-order valence-electron chi connectivity index (χ3n) is 2.89. The third-order valence-corrected chi connectivity index (χ3v) is 2.89. The molecule has 1 aromatic carbocycles. The summed E-state index contributed by atoms with van der Waals surface area (Å²) in [5, 5.41) is 13.2. The number of anilines is 1. The highest BCUT2D eigenvalue weighted by Crippen LogP contribution is 2.22. The summed E-state index contributed by atoms with van der Waals surface area (Å²) in [7, 11) is 0. The second kappa shape index (κ2) is 7.80. The molecule has 6 nitrogen and oxygen atoms in total. The Bertz CT molecular complexity index is 741. The molecular formula is C17H18N4O2. The van der Waals surface area contributed by atoms with Crippen molar-refractivity contribution in [2.75, 3.05) is 12.0 Å². The molecule has 6 heteroatoms. The van der Waals surface area contributed by atoms with Crippen LogP contribution >= 0.6 is 0 Å². The normalized spacial score (nSPS) is 10.7. The minimum Gasteiger partial charge on any atom is -0.489 e. The second-order valence-electron chi connectivity index (χ2n) is 5.00. The van der Waals surface area contributed by atoms with Crippen molar-refractivity contribution in [3.63, 3.8) is 0 Å². The number of ether oxygens (including phenoxy) is 1. The van der Waals surface area contributed by atoms with Gasteiger partial charge in [-0.3, -0.25) is 0 Å². The number of nitriles is 1. The number of nitrogens with zero attached hydrogens (tertiary/aromatic N) is 3. The van der Waals surface area contributed by atoms with E-state index >= 15 is 0 Å². The van der Waals surface area contributed by atoms with Crippen molar-refractivity contribution < 1.29 is 9.15 Å². The molecule has 1 heterocycles. The largest absolute Gasteiger partial charge is 0.489 e. The van der Waals surface area contributed by atoms with Crippen molar-refractivity contribution in [3.05, 3.63) is 54.1 Å². The smallest absolute Gasteiger partial charge is 0.252 e. The first kappa shape index (κ1) is 16.3. The van der Waals surface area contributed by atoms with Crippen LogP contribution in [0.5, 0.6) is 5.75 Å². The first-order valence-electron chi connectivity index (χ1n) is 7.18. The molecule has 0 amide bonds. The zero-order chi connectivity index (χ0) is 16.7. The van der Waals surface area contributed by atoms with E-state index in [-0.39, 0.29) is 17.5 Å². The van der Waals surface area contributed by atoms with Gasteiger partial charge >= 0.3 is 0 Å². The van der Waals surface area contributed by atoms with Gasteiger partial charge < -0.3 is 9.15 Å². The van der Waals surface area contributed by atoms with E-state index in [1.54, 1.807) is 12.3 Å². The Kier molecular flexibility index (Phi) is 5.53. The van der Waals surface area contributed by atoms with Crippen molar-refractivity contribution in [1.82, 2.24) is 4.98 Å². The number of aromatic nitrogens is 1. The Balaban J connectivity index is 2.13. The van der Waals surface area contributed by atoms with Gasteiger partial charge in [-0.25, -0.2) is 10.4 Å². The number of hydrogen-bond donors (Lipinski definition) is 1. The van der Waals surface area contributed by atoms with E-state index in [0.717, 1.165) is 5.56 Å². The van der Waals surface area contributed by atoms with Crippen LogP contribution in [-0.4, -0.2) is 17.8 Å². The summed E-state index contributed by atoms with van der Waals surface area (Å²) >= 11 is 0. The first-order valence-corrected chi connectivity index (χ1v) is 7.18. The quantitative estimate of drug-likeness (QED) is 0.479. The summed E-state index contributed by atoms with van der Waals surface area (Å²) in [6.45, 7) is 7.91. The van der Waals surface area contributed by atoms with Gasteiger partial charge in [0.15, 0.2) is 0 Å². The molecule has 0 atom stereocenters. The molecule has 0 saturated heterocycles. The van der Waals surface area contributed by atoms with Crippen LogP contribution in [-0.2, 0) is 0 Å². The van der Waals surface area contributed by atoms with E-state index < -0.39 is 0 Å². The molecule has 2 rings (SSSR count). The zero-order valence-corrected chi connectivity index (χ0v) is 13.1. The van der Waals surface area contributed by atoms with Crippen molar-refractivity contribution in [2.24, 2.45) is 5.10 Å². The predicted molar refractivity (Wildman–Crippen MR) is 88.7 cm³/mol. The molecule has 0 aliphatic heterocycles. The lowest BCUT2D eigenvalue weighted by Crippen LogP contribution is -1.98. The maximum Gasteiger partial charge on any atom is 0.252 e.